The van der Waals surface area contributed by atoms with E-state index in [1.54, 1.807) is 29.2 Å². The minimum absolute atomic E-state index is 0.00197. The summed E-state index contributed by atoms with van der Waals surface area (Å²) in [7, 11) is -3.78. The Morgan fingerprint density at radius 1 is 1.03 bits per heavy atom. The van der Waals surface area contributed by atoms with E-state index in [1.165, 1.54) is 16.4 Å². The minimum atomic E-state index is -3.78. The molecule has 1 aliphatic heterocycles. The maximum atomic E-state index is 12.9. The third-order valence-corrected chi connectivity index (χ3v) is 7.67. The molecule has 1 fully saturated rings. The summed E-state index contributed by atoms with van der Waals surface area (Å²) in [4.78, 5) is 14.2. The first-order valence-electron chi connectivity index (χ1n) is 9.04. The number of amides is 1. The van der Waals surface area contributed by atoms with Crippen LogP contribution in [-0.4, -0.2) is 49.7 Å². The van der Waals surface area contributed by atoms with Crippen LogP contribution in [0.3, 0.4) is 0 Å². The van der Waals surface area contributed by atoms with E-state index in [2.05, 4.69) is 0 Å². The number of halogens is 2. The minimum Gasteiger partial charge on any atom is -0.340 e. The predicted octanol–water partition coefficient (Wildman–Crippen LogP) is 3.33. The van der Waals surface area contributed by atoms with Crippen LogP contribution >= 0.6 is 23.2 Å². The van der Waals surface area contributed by atoms with Gasteiger partial charge in [0.15, 0.2) is 0 Å². The summed E-state index contributed by atoms with van der Waals surface area (Å²) in [5, 5.41) is 10.1. The van der Waals surface area contributed by atoms with Crippen molar-refractivity contribution in [1.82, 2.24) is 9.21 Å². The van der Waals surface area contributed by atoms with Crippen LogP contribution in [0.2, 0.25) is 10.0 Å². The maximum Gasteiger partial charge on any atom is 0.244 e. The van der Waals surface area contributed by atoms with Crippen molar-refractivity contribution >= 4 is 39.1 Å². The van der Waals surface area contributed by atoms with Gasteiger partial charge >= 0.3 is 0 Å². The van der Waals surface area contributed by atoms with Crippen molar-refractivity contribution in [2.24, 2.45) is 0 Å². The van der Waals surface area contributed by atoms with E-state index in [-0.39, 0.29) is 35.9 Å². The normalized spacial score (nSPS) is 15.1. The van der Waals surface area contributed by atoms with Gasteiger partial charge in [-0.3, -0.25) is 4.79 Å². The fourth-order valence-corrected chi connectivity index (χ4v) is 5.22. The van der Waals surface area contributed by atoms with E-state index < -0.39 is 10.0 Å². The highest BCUT2D eigenvalue weighted by Gasteiger charge is 2.31. The van der Waals surface area contributed by atoms with Crippen molar-refractivity contribution in [2.75, 3.05) is 26.2 Å². The number of benzene rings is 2. The van der Waals surface area contributed by atoms with Crippen LogP contribution in [0.1, 0.15) is 17.5 Å². The van der Waals surface area contributed by atoms with Gasteiger partial charge < -0.3 is 4.90 Å². The van der Waals surface area contributed by atoms with E-state index in [4.69, 9.17) is 23.2 Å². The van der Waals surface area contributed by atoms with Crippen LogP contribution in [0.15, 0.2) is 47.4 Å². The number of sulfonamides is 1. The molecule has 29 heavy (non-hydrogen) atoms. The second-order valence-corrected chi connectivity index (χ2v) is 9.30. The number of aryl methyl sites for hydroxylation is 1. The van der Waals surface area contributed by atoms with Gasteiger partial charge in [-0.25, -0.2) is 8.42 Å². The van der Waals surface area contributed by atoms with E-state index in [9.17, 15) is 18.5 Å². The van der Waals surface area contributed by atoms with E-state index >= 15 is 0 Å². The van der Waals surface area contributed by atoms with Gasteiger partial charge in [0.1, 0.15) is 6.07 Å². The zero-order valence-corrected chi connectivity index (χ0v) is 17.8. The SMILES string of the molecule is N#Cc1ccccc1S(=O)(=O)N1CCN(C(=O)CCc2cccc(Cl)c2Cl)CC1. The number of carbonyl (C=O) groups excluding carboxylic acids is 1. The molecule has 6 nitrogen and oxygen atoms in total. The largest absolute Gasteiger partial charge is 0.340 e. The zero-order chi connectivity index (χ0) is 21.0. The monoisotopic (exact) mass is 451 g/mol. The second-order valence-electron chi connectivity index (χ2n) is 6.61. The molecule has 0 aliphatic carbocycles. The molecule has 3 rings (SSSR count). The number of hydrogen-bond acceptors (Lipinski definition) is 4. The first-order chi connectivity index (χ1) is 13.8. The molecule has 0 atom stereocenters. The summed E-state index contributed by atoms with van der Waals surface area (Å²) in [6.45, 7) is 0.976. The van der Waals surface area contributed by atoms with Gasteiger partial charge in [-0.2, -0.15) is 9.57 Å². The lowest BCUT2D eigenvalue weighted by molar-refractivity contribution is -0.132. The number of nitriles is 1. The zero-order valence-electron chi connectivity index (χ0n) is 15.5. The lowest BCUT2D eigenvalue weighted by Gasteiger charge is -2.34. The lowest BCUT2D eigenvalue weighted by atomic mass is 10.1. The topological polar surface area (TPSA) is 81.5 Å². The molecule has 0 saturated carbocycles. The molecule has 1 amide bonds. The third kappa shape index (κ3) is 4.73. The van der Waals surface area contributed by atoms with E-state index in [0.717, 1.165) is 5.56 Å². The molecule has 0 spiro atoms. The van der Waals surface area contributed by atoms with Crippen molar-refractivity contribution in [3.63, 3.8) is 0 Å². The van der Waals surface area contributed by atoms with Crippen LogP contribution in [0.4, 0.5) is 0 Å². The summed E-state index contributed by atoms with van der Waals surface area (Å²) in [6.07, 6.45) is 0.733. The van der Waals surface area contributed by atoms with E-state index in [0.29, 0.717) is 29.6 Å². The molecule has 0 aromatic heterocycles. The van der Waals surface area contributed by atoms with Gasteiger partial charge in [-0.1, -0.05) is 47.5 Å². The van der Waals surface area contributed by atoms with Crippen molar-refractivity contribution in [1.29, 1.82) is 5.26 Å². The van der Waals surface area contributed by atoms with Crippen LogP contribution < -0.4 is 0 Å². The third-order valence-electron chi connectivity index (χ3n) is 4.86. The molecular weight excluding hydrogens is 433 g/mol. The number of rotatable bonds is 5. The molecule has 152 valence electrons. The van der Waals surface area contributed by atoms with Crippen molar-refractivity contribution in [2.45, 2.75) is 17.7 Å². The highest BCUT2D eigenvalue weighted by Crippen LogP contribution is 2.27. The number of piperazine rings is 1. The Hall–Kier alpha value is -2.11. The summed E-state index contributed by atoms with van der Waals surface area (Å²) >= 11 is 12.2. The molecule has 1 saturated heterocycles. The van der Waals surface area contributed by atoms with Crippen molar-refractivity contribution in [3.8, 4) is 6.07 Å². The standard InChI is InChI=1S/C20H19Cl2N3O3S/c21-17-6-3-5-15(20(17)22)8-9-19(26)24-10-12-25(13-11-24)29(27,28)18-7-2-1-4-16(18)14-23/h1-7H,8-13H2. The Balaban J connectivity index is 1.60. The molecule has 2 aromatic rings. The smallest absolute Gasteiger partial charge is 0.244 e. The lowest BCUT2D eigenvalue weighted by Crippen LogP contribution is -2.50. The molecular formula is C20H19Cl2N3O3S. The molecule has 1 heterocycles. The quantitative estimate of drug-likeness (QED) is 0.697. The fraction of sp³-hybridized carbons (Fsp3) is 0.300. The molecule has 2 aromatic carbocycles. The van der Waals surface area contributed by atoms with Gasteiger partial charge in [-0.05, 0) is 30.2 Å². The van der Waals surface area contributed by atoms with E-state index in [1.807, 2.05) is 12.1 Å². The first-order valence-corrected chi connectivity index (χ1v) is 11.2. The number of nitrogens with zero attached hydrogens (tertiary/aromatic N) is 3. The summed E-state index contributed by atoms with van der Waals surface area (Å²) < 4.78 is 27.1. The van der Waals surface area contributed by atoms with Crippen LogP contribution in [0.5, 0.6) is 0 Å². The highest BCUT2D eigenvalue weighted by molar-refractivity contribution is 7.89. The average molecular weight is 452 g/mol. The Bertz CT molecular complexity index is 1060. The molecule has 0 radical (unpaired) electrons. The van der Waals surface area contributed by atoms with Crippen molar-refractivity contribution in [3.05, 3.63) is 63.6 Å². The van der Waals surface area contributed by atoms with Gasteiger partial charge in [0.05, 0.1) is 20.5 Å². The van der Waals surface area contributed by atoms with Crippen molar-refractivity contribution < 1.29 is 13.2 Å². The first kappa shape index (κ1) is 21.6. The van der Waals surface area contributed by atoms with Gasteiger partial charge in [0, 0.05) is 32.6 Å². The summed E-state index contributed by atoms with van der Waals surface area (Å²) in [5.74, 6) is -0.0597. The Morgan fingerprint density at radius 3 is 2.41 bits per heavy atom. The fourth-order valence-electron chi connectivity index (χ4n) is 3.24. The van der Waals surface area contributed by atoms with Gasteiger partial charge in [-0.15, -0.1) is 0 Å². The van der Waals surface area contributed by atoms with Crippen LogP contribution in [0, 0.1) is 11.3 Å². The second kappa shape index (κ2) is 9.14. The number of carbonyl (C=O) groups is 1. The maximum absolute atomic E-state index is 12.9. The Labute approximate surface area is 180 Å². The average Bonchev–Trinajstić information content (AvgIpc) is 2.74. The molecule has 1 aliphatic rings. The summed E-state index contributed by atoms with van der Waals surface area (Å²) in [6, 6.07) is 13.4. The van der Waals surface area contributed by atoms with Gasteiger partial charge in [0.25, 0.3) is 0 Å². The summed E-state index contributed by atoms with van der Waals surface area (Å²) in [5.41, 5.74) is 0.922. The molecule has 0 bridgehead atoms. The van der Waals surface area contributed by atoms with Crippen LogP contribution in [0.25, 0.3) is 0 Å². The Kier molecular flexibility index (Phi) is 6.81. The number of hydrogen-bond donors (Lipinski definition) is 0. The molecule has 9 heteroatoms. The highest BCUT2D eigenvalue weighted by atomic mass is 35.5. The van der Waals surface area contributed by atoms with Gasteiger partial charge in [0.2, 0.25) is 15.9 Å². The predicted molar refractivity (Wildman–Crippen MR) is 111 cm³/mol. The Morgan fingerprint density at radius 2 is 1.72 bits per heavy atom. The molecule has 0 N–H and O–H groups in total. The molecule has 0 unspecified atom stereocenters. The van der Waals surface area contributed by atoms with Crippen LogP contribution in [-0.2, 0) is 21.2 Å².